The number of aliphatic hydroxyl groups excluding tert-OH is 1. The molecule has 0 heterocycles. The smallest absolute Gasteiger partial charge is 0.292 e. The molecule has 1 aromatic rings. The molecule has 6 nitrogen and oxygen atoms in total. The fourth-order valence-electron chi connectivity index (χ4n) is 1.38. The zero-order valence-corrected chi connectivity index (χ0v) is 9.72. The summed E-state index contributed by atoms with van der Waals surface area (Å²) in [5.74, 6) is 0. The molecule has 0 aliphatic rings. The first-order valence-corrected chi connectivity index (χ1v) is 5.47. The zero-order chi connectivity index (χ0) is 12.7. The summed E-state index contributed by atoms with van der Waals surface area (Å²) < 4.78 is 0. The SMILES string of the molecule is CC(O)CNCCNc1ccccc1[N+](=O)[O-]. The molecule has 0 saturated carbocycles. The second-order valence-corrected chi connectivity index (χ2v) is 3.75. The van der Waals surface area contributed by atoms with Crippen molar-refractivity contribution in [3.63, 3.8) is 0 Å². The molecule has 0 amide bonds. The number of para-hydroxylation sites is 2. The number of rotatable bonds is 7. The van der Waals surface area contributed by atoms with Gasteiger partial charge in [0.15, 0.2) is 0 Å². The number of benzene rings is 1. The highest BCUT2D eigenvalue weighted by Gasteiger charge is 2.10. The first kappa shape index (κ1) is 13.4. The van der Waals surface area contributed by atoms with Crippen LogP contribution in [0.3, 0.4) is 0 Å². The predicted molar refractivity (Wildman–Crippen MR) is 66.1 cm³/mol. The predicted octanol–water partition coefficient (Wildman–Crippen LogP) is 0.977. The van der Waals surface area contributed by atoms with Gasteiger partial charge in [-0.1, -0.05) is 12.1 Å². The first-order chi connectivity index (χ1) is 8.11. The average molecular weight is 239 g/mol. The van der Waals surface area contributed by atoms with Crippen LogP contribution in [0.2, 0.25) is 0 Å². The van der Waals surface area contributed by atoms with E-state index >= 15 is 0 Å². The highest BCUT2D eigenvalue weighted by Crippen LogP contribution is 2.22. The standard InChI is InChI=1S/C11H17N3O3/c1-9(15)8-12-6-7-13-10-4-2-3-5-11(10)14(16)17/h2-5,9,12-13,15H,6-8H2,1H3. The largest absolute Gasteiger partial charge is 0.392 e. The van der Waals surface area contributed by atoms with E-state index in [9.17, 15) is 10.1 Å². The van der Waals surface area contributed by atoms with Crippen LogP contribution in [0.15, 0.2) is 24.3 Å². The lowest BCUT2D eigenvalue weighted by Gasteiger charge is -2.09. The molecule has 3 N–H and O–H groups in total. The molecule has 0 fully saturated rings. The summed E-state index contributed by atoms with van der Waals surface area (Å²) in [5, 5.41) is 25.7. The van der Waals surface area contributed by atoms with Crippen LogP contribution in [-0.4, -0.2) is 35.8 Å². The van der Waals surface area contributed by atoms with Gasteiger partial charge in [0.2, 0.25) is 0 Å². The second-order valence-electron chi connectivity index (χ2n) is 3.75. The maximum Gasteiger partial charge on any atom is 0.292 e. The summed E-state index contributed by atoms with van der Waals surface area (Å²) in [6, 6.07) is 6.52. The van der Waals surface area contributed by atoms with E-state index in [0.29, 0.717) is 25.3 Å². The van der Waals surface area contributed by atoms with E-state index in [2.05, 4.69) is 10.6 Å². The molecule has 1 aromatic carbocycles. The van der Waals surface area contributed by atoms with Crippen LogP contribution >= 0.6 is 0 Å². The molecule has 17 heavy (non-hydrogen) atoms. The zero-order valence-electron chi connectivity index (χ0n) is 9.72. The van der Waals surface area contributed by atoms with Gasteiger partial charge in [0.1, 0.15) is 5.69 Å². The van der Waals surface area contributed by atoms with Crippen molar-refractivity contribution >= 4 is 11.4 Å². The average Bonchev–Trinajstić information content (AvgIpc) is 2.28. The number of nitrogens with zero attached hydrogens (tertiary/aromatic N) is 1. The summed E-state index contributed by atoms with van der Waals surface area (Å²) in [6.07, 6.45) is -0.388. The number of hydrogen-bond donors (Lipinski definition) is 3. The maximum atomic E-state index is 10.7. The van der Waals surface area contributed by atoms with Gasteiger partial charge in [-0.15, -0.1) is 0 Å². The third-order valence-corrected chi connectivity index (χ3v) is 2.16. The molecule has 94 valence electrons. The van der Waals surface area contributed by atoms with Crippen molar-refractivity contribution in [2.75, 3.05) is 25.0 Å². The molecule has 1 atom stereocenters. The lowest BCUT2D eigenvalue weighted by atomic mass is 10.2. The molecular weight excluding hydrogens is 222 g/mol. The van der Waals surface area contributed by atoms with Crippen molar-refractivity contribution < 1.29 is 10.0 Å². The molecule has 0 saturated heterocycles. The van der Waals surface area contributed by atoms with Crippen LogP contribution in [0.4, 0.5) is 11.4 Å². The number of nitro groups is 1. The molecule has 0 aliphatic carbocycles. The van der Waals surface area contributed by atoms with Gasteiger partial charge in [-0.3, -0.25) is 10.1 Å². The van der Waals surface area contributed by atoms with E-state index in [1.807, 2.05) is 0 Å². The Morgan fingerprint density at radius 2 is 2.12 bits per heavy atom. The quantitative estimate of drug-likeness (QED) is 0.375. The highest BCUT2D eigenvalue weighted by molar-refractivity contribution is 5.60. The summed E-state index contributed by atoms with van der Waals surface area (Å²) >= 11 is 0. The molecule has 1 unspecified atom stereocenters. The van der Waals surface area contributed by atoms with Gasteiger partial charge in [-0.25, -0.2) is 0 Å². The fraction of sp³-hybridized carbons (Fsp3) is 0.455. The van der Waals surface area contributed by atoms with E-state index in [-0.39, 0.29) is 11.8 Å². The van der Waals surface area contributed by atoms with Crippen molar-refractivity contribution in [1.29, 1.82) is 0 Å². The topological polar surface area (TPSA) is 87.4 Å². The van der Waals surface area contributed by atoms with Crippen molar-refractivity contribution in [2.24, 2.45) is 0 Å². The Hall–Kier alpha value is -1.66. The molecule has 0 radical (unpaired) electrons. The summed E-state index contributed by atoms with van der Waals surface area (Å²) in [5.41, 5.74) is 0.583. The van der Waals surface area contributed by atoms with Gasteiger partial charge in [0.25, 0.3) is 5.69 Å². The molecule has 0 bridgehead atoms. The minimum atomic E-state index is -0.411. The third kappa shape index (κ3) is 4.80. The maximum absolute atomic E-state index is 10.7. The Bertz CT molecular complexity index is 369. The Morgan fingerprint density at radius 1 is 1.41 bits per heavy atom. The van der Waals surface area contributed by atoms with Gasteiger partial charge in [0.05, 0.1) is 11.0 Å². The Morgan fingerprint density at radius 3 is 2.76 bits per heavy atom. The minimum Gasteiger partial charge on any atom is -0.392 e. The van der Waals surface area contributed by atoms with Gasteiger partial charge in [-0.05, 0) is 13.0 Å². The Labute approximate surface area is 99.8 Å². The molecule has 0 aromatic heterocycles. The van der Waals surface area contributed by atoms with E-state index in [1.54, 1.807) is 25.1 Å². The number of anilines is 1. The van der Waals surface area contributed by atoms with Crippen LogP contribution in [-0.2, 0) is 0 Å². The van der Waals surface area contributed by atoms with Crippen LogP contribution in [0, 0.1) is 10.1 Å². The molecule has 1 rings (SSSR count). The second kappa shape index (κ2) is 6.82. The normalized spacial score (nSPS) is 12.1. The summed E-state index contributed by atoms with van der Waals surface area (Å²) in [4.78, 5) is 10.3. The van der Waals surface area contributed by atoms with Crippen molar-refractivity contribution in [2.45, 2.75) is 13.0 Å². The lowest BCUT2D eigenvalue weighted by Crippen LogP contribution is -2.29. The van der Waals surface area contributed by atoms with Gasteiger partial charge in [-0.2, -0.15) is 0 Å². The van der Waals surface area contributed by atoms with Gasteiger partial charge in [0, 0.05) is 25.7 Å². The van der Waals surface area contributed by atoms with Crippen molar-refractivity contribution in [1.82, 2.24) is 5.32 Å². The van der Waals surface area contributed by atoms with Crippen LogP contribution in [0.5, 0.6) is 0 Å². The van der Waals surface area contributed by atoms with Gasteiger partial charge < -0.3 is 15.7 Å². The lowest BCUT2D eigenvalue weighted by molar-refractivity contribution is -0.384. The van der Waals surface area contributed by atoms with Crippen molar-refractivity contribution in [3.8, 4) is 0 Å². The molecule has 6 heteroatoms. The molecule has 0 spiro atoms. The van der Waals surface area contributed by atoms with E-state index < -0.39 is 4.92 Å². The number of aliphatic hydroxyl groups is 1. The number of nitrogens with one attached hydrogen (secondary N) is 2. The van der Waals surface area contributed by atoms with E-state index in [1.165, 1.54) is 6.07 Å². The van der Waals surface area contributed by atoms with E-state index in [0.717, 1.165) is 0 Å². The monoisotopic (exact) mass is 239 g/mol. The molecule has 0 aliphatic heterocycles. The van der Waals surface area contributed by atoms with Crippen LogP contribution < -0.4 is 10.6 Å². The summed E-state index contributed by atoms with van der Waals surface area (Å²) in [6.45, 7) is 3.41. The van der Waals surface area contributed by atoms with E-state index in [4.69, 9.17) is 5.11 Å². The fourth-order valence-corrected chi connectivity index (χ4v) is 1.38. The minimum absolute atomic E-state index is 0.0722. The first-order valence-electron chi connectivity index (χ1n) is 5.47. The third-order valence-electron chi connectivity index (χ3n) is 2.16. The highest BCUT2D eigenvalue weighted by atomic mass is 16.6. The van der Waals surface area contributed by atoms with Crippen LogP contribution in [0.1, 0.15) is 6.92 Å². The number of hydrogen-bond acceptors (Lipinski definition) is 5. The van der Waals surface area contributed by atoms with Gasteiger partial charge >= 0.3 is 0 Å². The number of nitro benzene ring substituents is 1. The van der Waals surface area contributed by atoms with Crippen LogP contribution in [0.25, 0.3) is 0 Å². The summed E-state index contributed by atoms with van der Waals surface area (Å²) in [7, 11) is 0. The molecular formula is C11H17N3O3. The van der Waals surface area contributed by atoms with Crippen molar-refractivity contribution in [3.05, 3.63) is 34.4 Å². The Balaban J connectivity index is 2.39. The Kier molecular flexibility index (Phi) is 5.38.